The monoisotopic (exact) mass is 525 g/mol. The van der Waals surface area contributed by atoms with E-state index >= 15 is 4.39 Å². The zero-order valence-corrected chi connectivity index (χ0v) is 21.6. The summed E-state index contributed by atoms with van der Waals surface area (Å²) >= 11 is 6.53. The number of aromatic nitrogens is 3. The molecule has 1 aromatic carbocycles. The SMILES string of the molecule is CCP(=O)(CC)c1ccc(-c2nc3c(NCc4cc(C#N)ccc4F)c(Cl)c(C)nc3cc2F)cn1. The third-order valence-electron chi connectivity index (χ3n) is 6.11. The van der Waals surface area contributed by atoms with Gasteiger partial charge in [0.15, 0.2) is 5.82 Å². The molecule has 3 heterocycles. The van der Waals surface area contributed by atoms with Crippen LogP contribution >= 0.6 is 18.7 Å². The van der Waals surface area contributed by atoms with Gasteiger partial charge in [-0.05, 0) is 37.3 Å². The first-order chi connectivity index (χ1) is 17.2. The molecule has 0 spiro atoms. The van der Waals surface area contributed by atoms with Gasteiger partial charge in [-0.3, -0.25) is 4.98 Å². The number of anilines is 1. The smallest absolute Gasteiger partial charge is 0.151 e. The van der Waals surface area contributed by atoms with Crippen LogP contribution in [0.1, 0.15) is 30.7 Å². The van der Waals surface area contributed by atoms with E-state index in [4.69, 9.17) is 16.9 Å². The van der Waals surface area contributed by atoms with Crippen LogP contribution in [0.5, 0.6) is 0 Å². The molecule has 0 unspecified atom stereocenters. The van der Waals surface area contributed by atoms with E-state index in [9.17, 15) is 8.96 Å². The van der Waals surface area contributed by atoms with Gasteiger partial charge < -0.3 is 9.88 Å². The number of rotatable bonds is 7. The maximum absolute atomic E-state index is 15.1. The number of fused-ring (bicyclic) bond motifs is 1. The number of hydrogen-bond donors (Lipinski definition) is 1. The second-order valence-electron chi connectivity index (χ2n) is 8.27. The molecule has 0 bridgehead atoms. The summed E-state index contributed by atoms with van der Waals surface area (Å²) in [4.78, 5) is 13.2. The van der Waals surface area contributed by atoms with Gasteiger partial charge in [0, 0.05) is 42.3 Å². The summed E-state index contributed by atoms with van der Waals surface area (Å²) in [5, 5.41) is 12.5. The Morgan fingerprint density at radius 3 is 2.47 bits per heavy atom. The van der Waals surface area contributed by atoms with Crippen molar-refractivity contribution in [3.05, 3.63) is 76.1 Å². The Kier molecular flexibility index (Phi) is 7.35. The third kappa shape index (κ3) is 4.82. The average Bonchev–Trinajstić information content (AvgIpc) is 2.89. The lowest BCUT2D eigenvalue weighted by atomic mass is 10.1. The van der Waals surface area contributed by atoms with Gasteiger partial charge in [-0.25, -0.2) is 18.7 Å². The number of nitrogens with one attached hydrogen (secondary N) is 1. The Hall–Kier alpha value is -3.40. The van der Waals surface area contributed by atoms with Crippen molar-refractivity contribution >= 4 is 40.9 Å². The summed E-state index contributed by atoms with van der Waals surface area (Å²) in [6.45, 7) is 5.42. The lowest BCUT2D eigenvalue weighted by Gasteiger charge is -2.15. The van der Waals surface area contributed by atoms with Crippen molar-refractivity contribution in [2.24, 2.45) is 0 Å². The number of benzene rings is 1. The van der Waals surface area contributed by atoms with Crippen LogP contribution in [-0.2, 0) is 11.1 Å². The molecule has 184 valence electrons. The van der Waals surface area contributed by atoms with Gasteiger partial charge in [0.05, 0.1) is 39.0 Å². The van der Waals surface area contributed by atoms with Crippen LogP contribution in [0.2, 0.25) is 5.02 Å². The number of nitrogens with zero attached hydrogens (tertiary/aromatic N) is 4. The second-order valence-corrected chi connectivity index (χ2v) is 12.2. The van der Waals surface area contributed by atoms with Crippen LogP contribution in [-0.4, -0.2) is 27.3 Å². The van der Waals surface area contributed by atoms with E-state index in [1.165, 1.54) is 30.5 Å². The summed E-state index contributed by atoms with van der Waals surface area (Å²) in [7, 11) is -2.58. The van der Waals surface area contributed by atoms with Gasteiger partial charge in [-0.2, -0.15) is 5.26 Å². The molecule has 0 saturated heterocycles. The Bertz CT molecular complexity index is 1550. The molecule has 0 saturated carbocycles. The summed E-state index contributed by atoms with van der Waals surface area (Å²) in [6.07, 6.45) is 2.45. The summed E-state index contributed by atoms with van der Waals surface area (Å²) in [5.41, 5.74) is 2.94. The lowest BCUT2D eigenvalue weighted by molar-refractivity contribution is 0.582. The maximum atomic E-state index is 15.1. The molecule has 0 atom stereocenters. The molecule has 4 aromatic rings. The van der Waals surface area contributed by atoms with Gasteiger partial charge in [0.25, 0.3) is 0 Å². The van der Waals surface area contributed by atoms with E-state index in [-0.39, 0.29) is 28.3 Å². The quantitative estimate of drug-likeness (QED) is 0.279. The first kappa shape index (κ1) is 25.7. The van der Waals surface area contributed by atoms with E-state index in [0.29, 0.717) is 45.8 Å². The Morgan fingerprint density at radius 1 is 1.08 bits per heavy atom. The third-order valence-corrected chi connectivity index (χ3v) is 9.71. The molecular formula is C26H23ClF2N5OP. The number of halogens is 3. The van der Waals surface area contributed by atoms with Crippen molar-refractivity contribution in [3.8, 4) is 17.3 Å². The minimum absolute atomic E-state index is 0.0214. The first-order valence-corrected chi connectivity index (χ1v) is 13.8. The van der Waals surface area contributed by atoms with Crippen LogP contribution in [0.25, 0.3) is 22.3 Å². The first-order valence-electron chi connectivity index (χ1n) is 11.3. The fraction of sp³-hybridized carbons (Fsp3) is 0.231. The number of aryl methyl sites for hydroxylation is 1. The normalized spacial score (nSPS) is 11.5. The predicted octanol–water partition coefficient (Wildman–Crippen LogP) is 6.44. The van der Waals surface area contributed by atoms with Gasteiger partial charge in [-0.1, -0.05) is 25.4 Å². The highest BCUT2D eigenvalue weighted by molar-refractivity contribution is 7.71. The van der Waals surface area contributed by atoms with Crippen molar-refractivity contribution in [2.75, 3.05) is 17.6 Å². The van der Waals surface area contributed by atoms with Crippen molar-refractivity contribution in [3.63, 3.8) is 0 Å². The molecule has 36 heavy (non-hydrogen) atoms. The zero-order valence-electron chi connectivity index (χ0n) is 19.9. The minimum Gasteiger partial charge on any atom is -0.378 e. The standard InChI is InChI=1S/C26H23ClF2N5OP/c1-4-36(35,5-2)22-9-7-17(13-31-22)24-20(29)11-21-25(34-24)26(23(27)15(3)33-21)32-14-18-10-16(12-30)6-8-19(18)28/h6-11,13H,4-5,14H2,1-3H3,(H,32,33). The predicted molar refractivity (Wildman–Crippen MR) is 139 cm³/mol. The Morgan fingerprint density at radius 2 is 1.83 bits per heavy atom. The molecule has 0 aliphatic rings. The second kappa shape index (κ2) is 10.3. The molecule has 0 fully saturated rings. The van der Waals surface area contributed by atoms with E-state index in [1.54, 1.807) is 19.1 Å². The highest BCUT2D eigenvalue weighted by atomic mass is 35.5. The molecule has 1 N–H and O–H groups in total. The van der Waals surface area contributed by atoms with Crippen LogP contribution in [0.15, 0.2) is 42.6 Å². The maximum Gasteiger partial charge on any atom is 0.151 e. The van der Waals surface area contributed by atoms with Crippen LogP contribution in [0, 0.1) is 29.9 Å². The van der Waals surface area contributed by atoms with Crippen LogP contribution in [0.4, 0.5) is 14.5 Å². The molecule has 10 heteroatoms. The zero-order chi connectivity index (χ0) is 26.0. The molecule has 0 amide bonds. The summed E-state index contributed by atoms with van der Waals surface area (Å²) in [6, 6.07) is 10.6. The van der Waals surface area contributed by atoms with Crippen LogP contribution < -0.4 is 10.8 Å². The number of nitriles is 1. The molecule has 0 aliphatic carbocycles. The summed E-state index contributed by atoms with van der Waals surface area (Å²) < 4.78 is 42.4. The van der Waals surface area contributed by atoms with Gasteiger partial charge in [0.1, 0.15) is 24.2 Å². The minimum atomic E-state index is -2.58. The van der Waals surface area contributed by atoms with E-state index < -0.39 is 18.8 Å². The van der Waals surface area contributed by atoms with Crippen molar-refractivity contribution in [1.82, 2.24) is 15.0 Å². The molecule has 6 nitrogen and oxygen atoms in total. The largest absolute Gasteiger partial charge is 0.378 e. The van der Waals surface area contributed by atoms with E-state index in [1.807, 2.05) is 19.9 Å². The highest BCUT2D eigenvalue weighted by Gasteiger charge is 2.22. The molecule has 4 rings (SSSR count). The average molecular weight is 526 g/mol. The molecule has 3 aromatic heterocycles. The van der Waals surface area contributed by atoms with Gasteiger partial charge in [-0.15, -0.1) is 0 Å². The molecular weight excluding hydrogens is 503 g/mol. The number of hydrogen-bond acceptors (Lipinski definition) is 6. The summed E-state index contributed by atoms with van der Waals surface area (Å²) in [5.74, 6) is -1.07. The Balaban J connectivity index is 1.78. The van der Waals surface area contributed by atoms with Crippen molar-refractivity contribution in [1.29, 1.82) is 5.26 Å². The Labute approximate surface area is 212 Å². The highest BCUT2D eigenvalue weighted by Crippen LogP contribution is 2.42. The molecule has 0 aliphatic heterocycles. The topological polar surface area (TPSA) is 91.6 Å². The van der Waals surface area contributed by atoms with E-state index in [0.717, 1.165) is 0 Å². The van der Waals surface area contributed by atoms with Crippen molar-refractivity contribution in [2.45, 2.75) is 27.3 Å². The fourth-order valence-electron chi connectivity index (χ4n) is 3.90. The lowest BCUT2D eigenvalue weighted by Crippen LogP contribution is -2.12. The van der Waals surface area contributed by atoms with Gasteiger partial charge >= 0.3 is 0 Å². The van der Waals surface area contributed by atoms with Crippen molar-refractivity contribution < 1.29 is 13.3 Å². The fourth-order valence-corrected chi connectivity index (χ4v) is 5.81. The van der Waals surface area contributed by atoms with Crippen LogP contribution in [0.3, 0.4) is 0 Å². The van der Waals surface area contributed by atoms with E-state index in [2.05, 4.69) is 20.3 Å². The number of pyridine rings is 3. The van der Waals surface area contributed by atoms with Gasteiger partial charge in [0.2, 0.25) is 0 Å². The molecule has 0 radical (unpaired) electrons.